The van der Waals surface area contributed by atoms with Gasteiger partial charge in [-0.3, -0.25) is 5.32 Å². The zero-order valence-corrected chi connectivity index (χ0v) is 9.80. The molecule has 92 valence electrons. The summed E-state index contributed by atoms with van der Waals surface area (Å²) in [5.41, 5.74) is 7.80. The van der Waals surface area contributed by atoms with E-state index in [0.29, 0.717) is 11.4 Å². The summed E-state index contributed by atoms with van der Waals surface area (Å²) < 4.78 is 5.08. The van der Waals surface area contributed by atoms with Crippen LogP contribution >= 0.6 is 0 Å². The fraction of sp³-hybridized carbons (Fsp3) is 0.0714. The molecular weight excluding hydrogens is 228 g/mol. The number of amides is 1. The fourth-order valence-corrected chi connectivity index (χ4v) is 1.44. The summed E-state index contributed by atoms with van der Waals surface area (Å²) >= 11 is 0. The maximum Gasteiger partial charge on any atom is 0.411 e. The van der Waals surface area contributed by atoms with Gasteiger partial charge in [-0.15, -0.1) is 0 Å². The van der Waals surface area contributed by atoms with Gasteiger partial charge in [-0.25, -0.2) is 4.79 Å². The van der Waals surface area contributed by atoms with E-state index in [9.17, 15) is 4.79 Å². The van der Waals surface area contributed by atoms with E-state index in [1.54, 1.807) is 24.3 Å². The Bertz CT molecular complexity index is 509. The second-order valence-corrected chi connectivity index (χ2v) is 3.81. The SMILES string of the molecule is Nc1ccc(NC(=O)OCc2ccccc2)cc1. The highest BCUT2D eigenvalue weighted by Gasteiger charge is 2.03. The molecule has 0 aromatic heterocycles. The lowest BCUT2D eigenvalue weighted by Crippen LogP contribution is -2.13. The van der Waals surface area contributed by atoms with Crippen LogP contribution in [0.25, 0.3) is 0 Å². The number of rotatable bonds is 3. The molecule has 0 aliphatic carbocycles. The molecule has 2 aromatic rings. The molecule has 0 aliphatic heterocycles. The van der Waals surface area contributed by atoms with E-state index >= 15 is 0 Å². The normalized spacial score (nSPS) is 9.78. The van der Waals surface area contributed by atoms with Crippen molar-refractivity contribution in [3.63, 3.8) is 0 Å². The average Bonchev–Trinajstić information content (AvgIpc) is 2.40. The van der Waals surface area contributed by atoms with Crippen LogP contribution in [0.5, 0.6) is 0 Å². The lowest BCUT2D eigenvalue weighted by molar-refractivity contribution is 0.155. The van der Waals surface area contributed by atoms with Crippen molar-refractivity contribution in [3.8, 4) is 0 Å². The van der Waals surface area contributed by atoms with Crippen LogP contribution in [-0.4, -0.2) is 6.09 Å². The molecule has 0 bridgehead atoms. The van der Waals surface area contributed by atoms with E-state index in [1.165, 1.54) is 0 Å². The number of nitrogen functional groups attached to an aromatic ring is 1. The van der Waals surface area contributed by atoms with Crippen molar-refractivity contribution in [2.75, 3.05) is 11.1 Å². The minimum absolute atomic E-state index is 0.252. The van der Waals surface area contributed by atoms with E-state index in [4.69, 9.17) is 10.5 Å². The van der Waals surface area contributed by atoms with Crippen molar-refractivity contribution in [1.82, 2.24) is 0 Å². The highest BCUT2D eigenvalue weighted by atomic mass is 16.5. The zero-order valence-electron chi connectivity index (χ0n) is 9.80. The predicted molar refractivity (Wildman–Crippen MR) is 71.1 cm³/mol. The van der Waals surface area contributed by atoms with Crippen LogP contribution in [0.1, 0.15) is 5.56 Å². The molecule has 0 atom stereocenters. The van der Waals surface area contributed by atoms with Gasteiger partial charge >= 0.3 is 6.09 Å². The summed E-state index contributed by atoms with van der Waals surface area (Å²) in [6.07, 6.45) is -0.483. The number of carbonyl (C=O) groups is 1. The van der Waals surface area contributed by atoms with Gasteiger partial charge in [0.25, 0.3) is 0 Å². The molecule has 3 N–H and O–H groups in total. The Kier molecular flexibility index (Phi) is 3.81. The lowest BCUT2D eigenvalue weighted by Gasteiger charge is -2.07. The van der Waals surface area contributed by atoms with Gasteiger partial charge in [-0.2, -0.15) is 0 Å². The molecule has 1 amide bonds. The molecule has 2 aromatic carbocycles. The molecule has 0 aliphatic rings. The van der Waals surface area contributed by atoms with Crippen LogP contribution in [0.4, 0.5) is 16.2 Å². The van der Waals surface area contributed by atoms with Gasteiger partial charge in [0.1, 0.15) is 6.61 Å². The number of carbonyl (C=O) groups excluding carboxylic acids is 1. The molecule has 18 heavy (non-hydrogen) atoms. The van der Waals surface area contributed by atoms with E-state index in [2.05, 4.69) is 5.32 Å². The van der Waals surface area contributed by atoms with Crippen LogP contribution < -0.4 is 11.1 Å². The Morgan fingerprint density at radius 2 is 1.72 bits per heavy atom. The first-order chi connectivity index (χ1) is 8.74. The maximum absolute atomic E-state index is 11.5. The van der Waals surface area contributed by atoms with E-state index in [0.717, 1.165) is 5.56 Å². The van der Waals surface area contributed by atoms with Gasteiger partial charge in [0.05, 0.1) is 0 Å². The third kappa shape index (κ3) is 3.52. The molecule has 0 heterocycles. The molecule has 0 saturated heterocycles. The largest absolute Gasteiger partial charge is 0.444 e. The Labute approximate surface area is 105 Å². The third-order valence-electron chi connectivity index (χ3n) is 2.37. The predicted octanol–water partition coefficient (Wildman–Crippen LogP) is 3.02. The minimum Gasteiger partial charge on any atom is -0.444 e. The summed E-state index contributed by atoms with van der Waals surface area (Å²) in [6, 6.07) is 16.4. The number of hydrogen-bond donors (Lipinski definition) is 2. The van der Waals surface area contributed by atoms with Gasteiger partial charge in [0, 0.05) is 11.4 Å². The number of hydrogen-bond acceptors (Lipinski definition) is 3. The van der Waals surface area contributed by atoms with Gasteiger partial charge in [-0.1, -0.05) is 30.3 Å². The quantitative estimate of drug-likeness (QED) is 0.813. The topological polar surface area (TPSA) is 64.3 Å². The highest BCUT2D eigenvalue weighted by Crippen LogP contribution is 2.11. The molecule has 0 unspecified atom stereocenters. The van der Waals surface area contributed by atoms with Crippen molar-refractivity contribution in [1.29, 1.82) is 0 Å². The molecule has 0 fully saturated rings. The molecule has 0 radical (unpaired) electrons. The second kappa shape index (κ2) is 5.72. The number of nitrogens with two attached hydrogens (primary N) is 1. The van der Waals surface area contributed by atoms with Gasteiger partial charge in [0.2, 0.25) is 0 Å². The second-order valence-electron chi connectivity index (χ2n) is 3.81. The Balaban J connectivity index is 1.84. The summed E-state index contributed by atoms with van der Waals surface area (Å²) in [5, 5.41) is 2.62. The molecule has 4 heteroatoms. The monoisotopic (exact) mass is 242 g/mol. The van der Waals surface area contributed by atoms with E-state index in [-0.39, 0.29) is 6.61 Å². The molecule has 2 rings (SSSR count). The number of benzene rings is 2. The van der Waals surface area contributed by atoms with Crippen molar-refractivity contribution in [2.24, 2.45) is 0 Å². The number of anilines is 2. The first kappa shape index (κ1) is 12.0. The van der Waals surface area contributed by atoms with Crippen LogP contribution in [0.2, 0.25) is 0 Å². The summed E-state index contributed by atoms with van der Waals surface area (Å²) in [4.78, 5) is 11.5. The zero-order chi connectivity index (χ0) is 12.8. The van der Waals surface area contributed by atoms with Crippen molar-refractivity contribution >= 4 is 17.5 Å². The van der Waals surface area contributed by atoms with Crippen molar-refractivity contribution < 1.29 is 9.53 Å². The summed E-state index contributed by atoms with van der Waals surface area (Å²) in [6.45, 7) is 0.252. The average molecular weight is 242 g/mol. The van der Waals surface area contributed by atoms with Crippen LogP contribution in [-0.2, 0) is 11.3 Å². The van der Waals surface area contributed by atoms with Crippen LogP contribution in [0.15, 0.2) is 54.6 Å². The first-order valence-corrected chi connectivity index (χ1v) is 5.57. The Morgan fingerprint density at radius 3 is 2.39 bits per heavy atom. The molecule has 0 spiro atoms. The Hall–Kier alpha value is -2.49. The highest BCUT2D eigenvalue weighted by molar-refractivity contribution is 5.84. The Morgan fingerprint density at radius 1 is 1.06 bits per heavy atom. The van der Waals surface area contributed by atoms with Crippen LogP contribution in [0.3, 0.4) is 0 Å². The summed E-state index contributed by atoms with van der Waals surface area (Å²) in [7, 11) is 0. The van der Waals surface area contributed by atoms with Crippen LogP contribution in [0, 0.1) is 0 Å². The van der Waals surface area contributed by atoms with Gasteiger partial charge in [0.15, 0.2) is 0 Å². The van der Waals surface area contributed by atoms with Crippen molar-refractivity contribution in [3.05, 3.63) is 60.2 Å². The standard InChI is InChI=1S/C14H14N2O2/c15-12-6-8-13(9-7-12)16-14(17)18-10-11-4-2-1-3-5-11/h1-9H,10,15H2,(H,16,17). The third-order valence-corrected chi connectivity index (χ3v) is 2.37. The molecular formula is C14H14N2O2. The maximum atomic E-state index is 11.5. The van der Waals surface area contributed by atoms with Gasteiger partial charge in [-0.05, 0) is 29.8 Å². The molecule has 0 saturated carbocycles. The number of ether oxygens (including phenoxy) is 1. The van der Waals surface area contributed by atoms with E-state index in [1.807, 2.05) is 30.3 Å². The van der Waals surface area contributed by atoms with E-state index < -0.39 is 6.09 Å². The fourth-order valence-electron chi connectivity index (χ4n) is 1.44. The lowest BCUT2D eigenvalue weighted by atomic mass is 10.2. The number of nitrogens with one attached hydrogen (secondary N) is 1. The van der Waals surface area contributed by atoms with Gasteiger partial charge < -0.3 is 10.5 Å². The smallest absolute Gasteiger partial charge is 0.411 e. The minimum atomic E-state index is -0.483. The summed E-state index contributed by atoms with van der Waals surface area (Å²) in [5.74, 6) is 0. The van der Waals surface area contributed by atoms with Crippen molar-refractivity contribution in [2.45, 2.75) is 6.61 Å². The first-order valence-electron chi connectivity index (χ1n) is 5.57. The molecule has 4 nitrogen and oxygen atoms in total.